The molecule has 238 valence electrons. The van der Waals surface area contributed by atoms with Crippen LogP contribution in [0.15, 0.2) is 171 Å². The smallest absolute Gasteiger partial charge is 0.206 e. The van der Waals surface area contributed by atoms with E-state index in [2.05, 4.69) is 0 Å². The monoisotopic (exact) mass is 696 g/mol. The molecule has 0 aliphatic rings. The fraction of sp³-hybridized carbons (Fsp3) is 0.0625. The third-order valence-corrected chi connectivity index (χ3v) is 15.6. The van der Waals surface area contributed by atoms with E-state index in [1.165, 1.54) is 121 Å². The second-order valence-electron chi connectivity index (χ2n) is 9.88. The van der Waals surface area contributed by atoms with Crippen LogP contribution in [-0.4, -0.2) is 47.6 Å². The van der Waals surface area contributed by atoms with Gasteiger partial charge in [0.2, 0.25) is 0 Å². The molecule has 0 aliphatic heterocycles. The molecule has 14 heteroatoms. The number of benzene rings is 5. The lowest BCUT2D eigenvalue weighted by molar-refractivity contribution is 0.383. The molecule has 0 saturated carbocycles. The van der Waals surface area contributed by atoms with Gasteiger partial charge in [-0.05, 0) is 54.1 Å². The molecule has 0 saturated heterocycles. The van der Waals surface area contributed by atoms with Crippen molar-refractivity contribution in [3.05, 3.63) is 157 Å². The maximum atomic E-state index is 14.4. The van der Waals surface area contributed by atoms with Gasteiger partial charge in [0.1, 0.15) is 0 Å². The summed E-state index contributed by atoms with van der Waals surface area (Å²) in [7, 11) is -19.9. The number of rotatable bonds is 12. The highest BCUT2D eigenvalue weighted by Gasteiger charge is 2.47. The number of nitrogens with zero attached hydrogens (tertiary/aromatic N) is 2. The van der Waals surface area contributed by atoms with Gasteiger partial charge < -0.3 is 0 Å². The Kier molecular flexibility index (Phi) is 9.58. The first kappa shape index (κ1) is 33.2. The normalized spacial score (nSPS) is 13.4. The summed E-state index contributed by atoms with van der Waals surface area (Å²) < 4.78 is 115. The van der Waals surface area contributed by atoms with Crippen molar-refractivity contribution >= 4 is 40.1 Å². The Bertz CT molecular complexity index is 2080. The van der Waals surface area contributed by atoms with Crippen LogP contribution in [0.3, 0.4) is 0 Å². The Hall–Kier alpha value is -4.18. The van der Waals surface area contributed by atoms with E-state index in [9.17, 15) is 33.7 Å². The topological polar surface area (TPSA) is 143 Å². The minimum absolute atomic E-state index is 0.0260. The molecule has 10 nitrogen and oxygen atoms in total. The van der Waals surface area contributed by atoms with Gasteiger partial charge in [0.15, 0.2) is 0 Å². The summed E-state index contributed by atoms with van der Waals surface area (Å²) in [6, 6.07) is 32.5. The molecular weight excluding hydrogens is 669 g/mol. The minimum Gasteiger partial charge on any atom is -0.206 e. The van der Waals surface area contributed by atoms with Gasteiger partial charge in [-0.25, -0.2) is 33.7 Å². The number of hydrogen-bond acceptors (Lipinski definition) is 8. The fourth-order valence-electron chi connectivity index (χ4n) is 4.71. The first-order chi connectivity index (χ1) is 21.9. The molecule has 0 fully saturated rings. The molecule has 5 rings (SSSR count). The van der Waals surface area contributed by atoms with Crippen molar-refractivity contribution < 1.29 is 33.7 Å². The number of hydrogen-bond donors (Lipinski definition) is 0. The second kappa shape index (κ2) is 13.3. The van der Waals surface area contributed by atoms with Crippen LogP contribution in [0.2, 0.25) is 0 Å². The Morgan fingerprint density at radius 1 is 0.370 bits per heavy atom. The van der Waals surface area contributed by atoms with Crippen LogP contribution < -0.4 is 0 Å². The van der Waals surface area contributed by atoms with Crippen molar-refractivity contribution in [2.45, 2.75) is 25.6 Å². The molecule has 0 aliphatic carbocycles. The molecule has 0 spiro atoms. The first-order valence-electron chi connectivity index (χ1n) is 13.7. The Morgan fingerprint density at radius 2 is 0.630 bits per heavy atom. The van der Waals surface area contributed by atoms with E-state index in [1.807, 2.05) is 0 Å². The largest absolute Gasteiger partial charge is 0.256 e. The van der Waals surface area contributed by atoms with Gasteiger partial charge in [-0.2, -0.15) is 0 Å². The summed E-state index contributed by atoms with van der Waals surface area (Å²) in [5, 5.41) is 0. The van der Waals surface area contributed by atoms with E-state index in [0.29, 0.717) is 0 Å². The summed E-state index contributed by atoms with van der Waals surface area (Å²) in [5.74, 6) is 0. The Labute approximate surface area is 269 Å². The van der Waals surface area contributed by atoms with Crippen molar-refractivity contribution in [2.24, 2.45) is 0 Å². The van der Waals surface area contributed by atoms with Crippen molar-refractivity contribution in [1.82, 2.24) is 7.42 Å². The summed E-state index contributed by atoms with van der Waals surface area (Å²) in [6.45, 7) is -1.13. The first-order valence-corrected chi connectivity index (χ1v) is 19.5. The lowest BCUT2D eigenvalue weighted by atomic mass is 10.1. The molecular formula is C32H28N2O8S4. The summed E-state index contributed by atoms with van der Waals surface area (Å²) >= 11 is 0. The average molecular weight is 697 g/mol. The predicted octanol–water partition coefficient (Wildman–Crippen LogP) is 4.89. The van der Waals surface area contributed by atoms with Crippen LogP contribution in [0.4, 0.5) is 0 Å². The van der Waals surface area contributed by atoms with Crippen LogP contribution >= 0.6 is 0 Å². The van der Waals surface area contributed by atoms with Crippen molar-refractivity contribution in [3.63, 3.8) is 0 Å². The van der Waals surface area contributed by atoms with E-state index in [4.69, 9.17) is 0 Å². The maximum Gasteiger partial charge on any atom is 0.256 e. The molecule has 5 aromatic rings. The lowest BCUT2D eigenvalue weighted by Crippen LogP contribution is -2.47. The summed E-state index contributed by atoms with van der Waals surface area (Å²) in [5.41, 5.74) is 0.0260. The molecule has 0 aromatic heterocycles. The third-order valence-electron chi connectivity index (χ3n) is 6.94. The Morgan fingerprint density at radius 3 is 0.935 bits per heavy atom. The average Bonchev–Trinajstić information content (AvgIpc) is 3.08. The van der Waals surface area contributed by atoms with Gasteiger partial charge >= 0.3 is 0 Å². The fourth-order valence-corrected chi connectivity index (χ4v) is 12.4. The van der Waals surface area contributed by atoms with E-state index in [0.717, 1.165) is 0 Å². The lowest BCUT2D eigenvalue weighted by Gasteiger charge is -2.33. The molecule has 1 atom stereocenters. The molecule has 0 N–H and O–H groups in total. The van der Waals surface area contributed by atoms with E-state index < -0.39 is 72.3 Å². The third kappa shape index (κ3) is 6.54. The second-order valence-corrected chi connectivity index (χ2v) is 17.7. The van der Waals surface area contributed by atoms with Crippen LogP contribution in [0.5, 0.6) is 0 Å². The van der Waals surface area contributed by atoms with E-state index in [1.54, 1.807) is 30.3 Å². The van der Waals surface area contributed by atoms with Crippen molar-refractivity contribution in [1.29, 1.82) is 0 Å². The molecule has 0 radical (unpaired) electrons. The van der Waals surface area contributed by atoms with Gasteiger partial charge in [0.25, 0.3) is 40.1 Å². The zero-order chi connectivity index (χ0) is 33.0. The van der Waals surface area contributed by atoms with Gasteiger partial charge in [-0.3, -0.25) is 0 Å². The van der Waals surface area contributed by atoms with Crippen LogP contribution in [0.25, 0.3) is 0 Å². The molecule has 46 heavy (non-hydrogen) atoms. The highest BCUT2D eigenvalue weighted by atomic mass is 32.3. The highest BCUT2D eigenvalue weighted by Crippen LogP contribution is 2.37. The zero-order valence-corrected chi connectivity index (χ0v) is 27.3. The molecule has 0 bridgehead atoms. The van der Waals surface area contributed by atoms with Crippen molar-refractivity contribution in [2.75, 3.05) is 6.54 Å². The quantitative estimate of drug-likeness (QED) is 0.180. The molecule has 1 unspecified atom stereocenters. The summed E-state index contributed by atoms with van der Waals surface area (Å²) in [4.78, 5) is -1.60. The predicted molar refractivity (Wildman–Crippen MR) is 172 cm³/mol. The SMILES string of the molecule is O=S(=O)(c1ccccc1)N(CC(c1ccccc1)N(S(=O)(=O)c1ccccc1)S(=O)(=O)c1ccccc1)S(=O)(=O)c1ccccc1. The number of sulfonamides is 4. The van der Waals surface area contributed by atoms with Crippen LogP contribution in [0, 0.1) is 0 Å². The van der Waals surface area contributed by atoms with Gasteiger partial charge in [0.05, 0.1) is 32.2 Å². The van der Waals surface area contributed by atoms with Gasteiger partial charge in [0, 0.05) is 0 Å². The van der Waals surface area contributed by atoms with Gasteiger partial charge in [-0.1, -0.05) is 111 Å². The standard InChI is InChI=1S/C32H28N2O8S4/c35-43(36,28-18-8-2-9-19-28)33(44(37,38)29-20-10-3-11-21-29)26-32(27-16-6-1-7-17-27)34(45(39,40)30-22-12-4-13-23-30)46(41,42)31-24-14-5-15-25-31/h1-25,32H,26H2. The molecule has 0 amide bonds. The molecule has 0 heterocycles. The summed E-state index contributed by atoms with van der Waals surface area (Å²) in [6.07, 6.45) is 0. The van der Waals surface area contributed by atoms with E-state index in [-0.39, 0.29) is 13.0 Å². The maximum absolute atomic E-state index is 14.4. The van der Waals surface area contributed by atoms with E-state index >= 15 is 0 Å². The van der Waals surface area contributed by atoms with Crippen LogP contribution in [-0.2, 0) is 40.1 Å². The zero-order valence-electron chi connectivity index (χ0n) is 24.0. The Balaban J connectivity index is 1.82. The van der Waals surface area contributed by atoms with Crippen molar-refractivity contribution in [3.8, 4) is 0 Å². The highest BCUT2D eigenvalue weighted by molar-refractivity contribution is 8.04. The molecule has 5 aromatic carbocycles. The van der Waals surface area contributed by atoms with Gasteiger partial charge in [-0.15, -0.1) is 0 Å². The van der Waals surface area contributed by atoms with Crippen LogP contribution in [0.1, 0.15) is 11.6 Å². The minimum atomic E-state index is -4.99.